The maximum atomic E-state index is 12.9. The SMILES string of the molecule is CC(N)CCCC(C)c1nc(-c2ccc(F)cc2)no1. The van der Waals surface area contributed by atoms with E-state index in [4.69, 9.17) is 10.3 Å². The minimum absolute atomic E-state index is 0.204. The van der Waals surface area contributed by atoms with Crippen LogP contribution in [0.4, 0.5) is 4.39 Å². The van der Waals surface area contributed by atoms with Gasteiger partial charge >= 0.3 is 0 Å². The van der Waals surface area contributed by atoms with Crippen LogP contribution in [-0.2, 0) is 0 Å². The summed E-state index contributed by atoms with van der Waals surface area (Å²) in [6.07, 6.45) is 2.99. The molecular weight excluding hydrogens is 257 g/mol. The molecule has 5 heteroatoms. The molecule has 0 spiro atoms. The van der Waals surface area contributed by atoms with Crippen LogP contribution in [0.25, 0.3) is 11.4 Å². The van der Waals surface area contributed by atoms with E-state index < -0.39 is 0 Å². The van der Waals surface area contributed by atoms with E-state index in [1.165, 1.54) is 12.1 Å². The predicted octanol–water partition coefficient (Wildman–Crippen LogP) is 3.50. The van der Waals surface area contributed by atoms with E-state index in [1.807, 2.05) is 6.92 Å². The van der Waals surface area contributed by atoms with Crippen molar-refractivity contribution < 1.29 is 8.91 Å². The first kappa shape index (κ1) is 14.7. The van der Waals surface area contributed by atoms with Crippen LogP contribution in [0.15, 0.2) is 28.8 Å². The van der Waals surface area contributed by atoms with Gasteiger partial charge in [-0.05, 0) is 44.0 Å². The molecule has 108 valence electrons. The molecule has 0 amide bonds. The zero-order valence-electron chi connectivity index (χ0n) is 11.8. The van der Waals surface area contributed by atoms with Gasteiger partial charge in [-0.3, -0.25) is 0 Å². The summed E-state index contributed by atoms with van der Waals surface area (Å²) in [5.74, 6) is 1.05. The first-order chi connectivity index (χ1) is 9.56. The van der Waals surface area contributed by atoms with E-state index in [1.54, 1.807) is 12.1 Å². The number of halogens is 1. The molecule has 2 aromatic rings. The van der Waals surface area contributed by atoms with Crippen LogP contribution in [0.5, 0.6) is 0 Å². The van der Waals surface area contributed by atoms with Crippen molar-refractivity contribution in [2.24, 2.45) is 5.73 Å². The lowest BCUT2D eigenvalue weighted by Gasteiger charge is -2.07. The molecule has 1 aromatic heterocycles. The van der Waals surface area contributed by atoms with Crippen molar-refractivity contribution in [3.05, 3.63) is 36.0 Å². The van der Waals surface area contributed by atoms with Crippen molar-refractivity contribution in [3.63, 3.8) is 0 Å². The van der Waals surface area contributed by atoms with Crippen LogP contribution in [0.1, 0.15) is 44.9 Å². The number of hydrogen-bond donors (Lipinski definition) is 1. The molecule has 2 atom stereocenters. The summed E-state index contributed by atoms with van der Waals surface area (Å²) < 4.78 is 18.1. The fourth-order valence-electron chi connectivity index (χ4n) is 2.02. The molecule has 1 aromatic carbocycles. The average molecular weight is 277 g/mol. The van der Waals surface area contributed by atoms with Crippen LogP contribution in [0, 0.1) is 5.82 Å². The number of benzene rings is 1. The van der Waals surface area contributed by atoms with E-state index in [0.717, 1.165) is 24.8 Å². The van der Waals surface area contributed by atoms with Gasteiger partial charge in [-0.15, -0.1) is 0 Å². The van der Waals surface area contributed by atoms with Crippen LogP contribution in [0.3, 0.4) is 0 Å². The molecule has 4 nitrogen and oxygen atoms in total. The first-order valence-electron chi connectivity index (χ1n) is 6.91. The summed E-state index contributed by atoms with van der Waals surface area (Å²) in [6.45, 7) is 4.06. The third-order valence-electron chi connectivity index (χ3n) is 3.26. The van der Waals surface area contributed by atoms with Gasteiger partial charge in [-0.1, -0.05) is 18.5 Å². The fraction of sp³-hybridized carbons (Fsp3) is 0.467. The number of aromatic nitrogens is 2. The van der Waals surface area contributed by atoms with Gasteiger partial charge in [0.1, 0.15) is 5.82 Å². The van der Waals surface area contributed by atoms with Gasteiger partial charge in [0.2, 0.25) is 11.7 Å². The average Bonchev–Trinajstić information content (AvgIpc) is 2.88. The molecule has 0 fully saturated rings. The number of nitrogens with two attached hydrogens (primary N) is 1. The zero-order valence-corrected chi connectivity index (χ0v) is 11.8. The highest BCUT2D eigenvalue weighted by molar-refractivity contribution is 5.53. The molecular formula is C15H20FN3O. The van der Waals surface area contributed by atoms with E-state index in [0.29, 0.717) is 11.7 Å². The van der Waals surface area contributed by atoms with Gasteiger partial charge in [0.15, 0.2) is 0 Å². The van der Waals surface area contributed by atoms with Gasteiger partial charge in [0.25, 0.3) is 0 Å². The summed E-state index contributed by atoms with van der Waals surface area (Å²) in [6, 6.07) is 6.28. The minimum Gasteiger partial charge on any atom is -0.339 e. The highest BCUT2D eigenvalue weighted by Gasteiger charge is 2.15. The van der Waals surface area contributed by atoms with Crippen molar-refractivity contribution in [1.29, 1.82) is 0 Å². The van der Waals surface area contributed by atoms with Crippen molar-refractivity contribution in [2.45, 2.75) is 45.1 Å². The topological polar surface area (TPSA) is 64.9 Å². The van der Waals surface area contributed by atoms with Crippen molar-refractivity contribution in [3.8, 4) is 11.4 Å². The third-order valence-corrected chi connectivity index (χ3v) is 3.26. The van der Waals surface area contributed by atoms with Gasteiger partial charge in [-0.2, -0.15) is 4.98 Å². The molecule has 0 aliphatic rings. The Morgan fingerprint density at radius 2 is 1.90 bits per heavy atom. The molecule has 2 unspecified atom stereocenters. The molecule has 0 saturated heterocycles. The van der Waals surface area contributed by atoms with E-state index in [2.05, 4.69) is 17.1 Å². The lowest BCUT2D eigenvalue weighted by molar-refractivity contribution is 0.350. The number of rotatable bonds is 6. The Kier molecular flexibility index (Phi) is 4.84. The smallest absolute Gasteiger partial charge is 0.229 e. The molecule has 0 saturated carbocycles. The van der Waals surface area contributed by atoms with Crippen molar-refractivity contribution in [1.82, 2.24) is 10.1 Å². The monoisotopic (exact) mass is 277 g/mol. The Labute approximate surface area is 118 Å². The third kappa shape index (κ3) is 3.87. The predicted molar refractivity (Wildman–Crippen MR) is 75.6 cm³/mol. The largest absolute Gasteiger partial charge is 0.339 e. The molecule has 0 aliphatic heterocycles. The molecule has 0 bridgehead atoms. The summed E-state index contributed by atoms with van der Waals surface area (Å²) in [7, 11) is 0. The van der Waals surface area contributed by atoms with Crippen LogP contribution in [0.2, 0.25) is 0 Å². The Hall–Kier alpha value is -1.75. The maximum Gasteiger partial charge on any atom is 0.229 e. The Bertz CT molecular complexity index is 536. The molecule has 1 heterocycles. The standard InChI is InChI=1S/C15H20FN3O/c1-10(4-3-5-11(2)17)15-18-14(19-20-15)12-6-8-13(16)9-7-12/h6-11H,3-5,17H2,1-2H3. The van der Waals surface area contributed by atoms with Gasteiger partial charge in [0, 0.05) is 17.5 Å². The number of hydrogen-bond acceptors (Lipinski definition) is 4. The highest BCUT2D eigenvalue weighted by Crippen LogP contribution is 2.23. The molecule has 0 aliphatic carbocycles. The summed E-state index contributed by atoms with van der Waals surface area (Å²) >= 11 is 0. The first-order valence-corrected chi connectivity index (χ1v) is 6.91. The van der Waals surface area contributed by atoms with E-state index in [-0.39, 0.29) is 17.8 Å². The van der Waals surface area contributed by atoms with E-state index >= 15 is 0 Å². The van der Waals surface area contributed by atoms with E-state index in [9.17, 15) is 4.39 Å². The quantitative estimate of drug-likeness (QED) is 0.877. The fourth-order valence-corrected chi connectivity index (χ4v) is 2.02. The zero-order chi connectivity index (χ0) is 14.5. The molecule has 0 radical (unpaired) electrons. The van der Waals surface area contributed by atoms with Crippen molar-refractivity contribution in [2.75, 3.05) is 0 Å². The lowest BCUT2D eigenvalue weighted by atomic mass is 10.0. The van der Waals surface area contributed by atoms with Gasteiger partial charge in [0.05, 0.1) is 0 Å². The van der Waals surface area contributed by atoms with Crippen LogP contribution >= 0.6 is 0 Å². The van der Waals surface area contributed by atoms with Gasteiger partial charge in [-0.25, -0.2) is 4.39 Å². The number of nitrogens with zero attached hydrogens (tertiary/aromatic N) is 2. The maximum absolute atomic E-state index is 12.9. The molecule has 2 N–H and O–H groups in total. The highest BCUT2D eigenvalue weighted by atomic mass is 19.1. The molecule has 2 rings (SSSR count). The Morgan fingerprint density at radius 3 is 2.55 bits per heavy atom. The molecule has 20 heavy (non-hydrogen) atoms. The van der Waals surface area contributed by atoms with Crippen LogP contribution < -0.4 is 5.73 Å². The lowest BCUT2D eigenvalue weighted by Crippen LogP contribution is -2.14. The Morgan fingerprint density at radius 1 is 1.20 bits per heavy atom. The minimum atomic E-state index is -0.276. The normalized spacial score (nSPS) is 14.2. The summed E-state index contributed by atoms with van der Waals surface area (Å²) in [5, 5.41) is 3.95. The second-order valence-corrected chi connectivity index (χ2v) is 5.27. The summed E-state index contributed by atoms with van der Waals surface area (Å²) in [4.78, 5) is 4.38. The second-order valence-electron chi connectivity index (χ2n) is 5.27. The Balaban J connectivity index is 1.99. The second kappa shape index (κ2) is 6.61. The van der Waals surface area contributed by atoms with Gasteiger partial charge < -0.3 is 10.3 Å². The van der Waals surface area contributed by atoms with Crippen LogP contribution in [-0.4, -0.2) is 16.2 Å². The van der Waals surface area contributed by atoms with Crippen molar-refractivity contribution >= 4 is 0 Å². The summed E-state index contributed by atoms with van der Waals surface area (Å²) in [5.41, 5.74) is 6.48.